The predicted octanol–water partition coefficient (Wildman–Crippen LogP) is 2.41. The average molecular weight is 254 g/mol. The first-order chi connectivity index (χ1) is 8.74. The van der Waals surface area contributed by atoms with Crippen molar-refractivity contribution >= 4 is 0 Å². The van der Waals surface area contributed by atoms with Crippen molar-refractivity contribution in [1.82, 2.24) is 10.2 Å². The van der Waals surface area contributed by atoms with E-state index in [4.69, 9.17) is 4.74 Å². The number of nitrogens with zero attached hydrogens (tertiary/aromatic N) is 1. The topological polar surface area (TPSA) is 24.5 Å². The van der Waals surface area contributed by atoms with Gasteiger partial charge in [-0.2, -0.15) is 0 Å². The largest absolute Gasteiger partial charge is 0.381 e. The van der Waals surface area contributed by atoms with Gasteiger partial charge in [0.1, 0.15) is 0 Å². The molecular weight excluding hydrogens is 224 g/mol. The monoisotopic (exact) mass is 254 g/mol. The molecule has 0 aromatic heterocycles. The molecule has 4 unspecified atom stereocenters. The lowest BCUT2D eigenvalue weighted by Crippen LogP contribution is -2.52. The number of rotatable bonds is 4. The number of hydrogen-bond acceptors (Lipinski definition) is 3. The van der Waals surface area contributed by atoms with E-state index in [-0.39, 0.29) is 0 Å². The van der Waals surface area contributed by atoms with Gasteiger partial charge in [0.2, 0.25) is 0 Å². The first kappa shape index (κ1) is 14.3. The number of ether oxygens (including phenoxy) is 1. The third kappa shape index (κ3) is 3.46. The maximum absolute atomic E-state index is 5.52. The lowest BCUT2D eigenvalue weighted by molar-refractivity contribution is -0.0104. The Bertz CT molecular complexity index is 245. The van der Waals surface area contributed by atoms with Gasteiger partial charge >= 0.3 is 0 Å². The van der Waals surface area contributed by atoms with Crippen molar-refractivity contribution in [3.05, 3.63) is 0 Å². The third-order valence-electron chi connectivity index (χ3n) is 4.82. The second-order valence-corrected chi connectivity index (χ2v) is 6.04. The summed E-state index contributed by atoms with van der Waals surface area (Å²) in [7, 11) is 1.86. The van der Waals surface area contributed by atoms with Gasteiger partial charge in [-0.25, -0.2) is 0 Å². The summed E-state index contributed by atoms with van der Waals surface area (Å²) in [4.78, 5) is 2.75. The number of methoxy groups -OCH3 is 1. The Morgan fingerprint density at radius 3 is 2.72 bits per heavy atom. The van der Waals surface area contributed by atoms with E-state index in [0.29, 0.717) is 12.1 Å². The van der Waals surface area contributed by atoms with Crippen LogP contribution in [-0.2, 0) is 4.74 Å². The van der Waals surface area contributed by atoms with Crippen molar-refractivity contribution in [2.75, 3.05) is 20.2 Å². The highest BCUT2D eigenvalue weighted by Gasteiger charge is 2.33. The highest BCUT2D eigenvalue weighted by atomic mass is 16.5. The van der Waals surface area contributed by atoms with E-state index in [2.05, 4.69) is 24.1 Å². The molecule has 1 saturated carbocycles. The van der Waals surface area contributed by atoms with Crippen molar-refractivity contribution in [2.24, 2.45) is 0 Å². The number of hydrogen-bond donors (Lipinski definition) is 1. The molecule has 2 fully saturated rings. The summed E-state index contributed by atoms with van der Waals surface area (Å²) in [6, 6.07) is 2.24. The van der Waals surface area contributed by atoms with Crippen LogP contribution in [0.3, 0.4) is 0 Å². The van der Waals surface area contributed by atoms with Gasteiger partial charge in [-0.05, 0) is 45.6 Å². The summed E-state index contributed by atoms with van der Waals surface area (Å²) < 4.78 is 5.52. The summed E-state index contributed by atoms with van der Waals surface area (Å²) in [6.07, 6.45) is 8.40. The molecule has 0 radical (unpaired) electrons. The first-order valence-corrected chi connectivity index (χ1v) is 7.76. The van der Waals surface area contributed by atoms with E-state index in [9.17, 15) is 0 Å². The number of nitrogens with one attached hydrogen (secondary N) is 1. The maximum Gasteiger partial charge on any atom is 0.0598 e. The van der Waals surface area contributed by atoms with Crippen LogP contribution in [0, 0.1) is 0 Å². The van der Waals surface area contributed by atoms with Crippen LogP contribution >= 0.6 is 0 Å². The fourth-order valence-corrected chi connectivity index (χ4v) is 3.84. The van der Waals surface area contributed by atoms with Gasteiger partial charge < -0.3 is 10.1 Å². The van der Waals surface area contributed by atoms with Crippen LogP contribution in [0.15, 0.2) is 0 Å². The zero-order chi connectivity index (χ0) is 13.0. The molecule has 1 N–H and O–H groups in total. The van der Waals surface area contributed by atoms with E-state index >= 15 is 0 Å². The second-order valence-electron chi connectivity index (χ2n) is 6.04. The summed E-state index contributed by atoms with van der Waals surface area (Å²) in [5.41, 5.74) is 0. The van der Waals surface area contributed by atoms with Crippen LogP contribution in [0.25, 0.3) is 0 Å². The number of likely N-dealkylation sites (tertiary alicyclic amines) is 1. The molecule has 3 heteroatoms. The minimum absolute atomic E-state index is 0.490. The van der Waals surface area contributed by atoms with E-state index in [0.717, 1.165) is 18.6 Å². The molecule has 1 heterocycles. The van der Waals surface area contributed by atoms with Gasteiger partial charge in [0.05, 0.1) is 6.10 Å². The maximum atomic E-state index is 5.52. The average Bonchev–Trinajstić information content (AvgIpc) is 2.39. The van der Waals surface area contributed by atoms with Gasteiger partial charge in [-0.15, -0.1) is 0 Å². The highest BCUT2D eigenvalue weighted by molar-refractivity contribution is 4.89. The SMILES string of the molecule is CCNC1CCCC(N2CCC(OC)CC2C)C1. The quantitative estimate of drug-likeness (QED) is 0.834. The van der Waals surface area contributed by atoms with Crippen LogP contribution in [0.1, 0.15) is 52.4 Å². The lowest BCUT2D eigenvalue weighted by atomic mass is 9.87. The first-order valence-electron chi connectivity index (χ1n) is 7.76. The van der Waals surface area contributed by atoms with Crippen molar-refractivity contribution < 1.29 is 4.74 Å². The molecule has 2 aliphatic rings. The highest BCUT2D eigenvalue weighted by Crippen LogP contribution is 2.29. The van der Waals surface area contributed by atoms with E-state index in [1.165, 1.54) is 45.1 Å². The molecule has 4 atom stereocenters. The molecule has 0 aromatic rings. The standard InChI is InChI=1S/C15H30N2O/c1-4-16-13-6-5-7-14(11-13)17-9-8-15(18-3)10-12(17)2/h12-16H,4-11H2,1-3H3. The summed E-state index contributed by atoms with van der Waals surface area (Å²) in [5.74, 6) is 0. The Morgan fingerprint density at radius 1 is 1.22 bits per heavy atom. The molecule has 18 heavy (non-hydrogen) atoms. The lowest BCUT2D eigenvalue weighted by Gasteiger charge is -2.45. The van der Waals surface area contributed by atoms with Gasteiger partial charge in [-0.1, -0.05) is 13.3 Å². The summed E-state index contributed by atoms with van der Waals surface area (Å²) in [6.45, 7) is 6.93. The van der Waals surface area contributed by atoms with Gasteiger partial charge in [-0.3, -0.25) is 4.90 Å². The molecule has 1 aliphatic carbocycles. The zero-order valence-corrected chi connectivity index (χ0v) is 12.3. The molecule has 3 nitrogen and oxygen atoms in total. The van der Waals surface area contributed by atoms with Crippen molar-refractivity contribution in [3.63, 3.8) is 0 Å². The normalized spacial score (nSPS) is 38.8. The van der Waals surface area contributed by atoms with Gasteiger partial charge in [0.15, 0.2) is 0 Å². The molecule has 1 saturated heterocycles. The Hall–Kier alpha value is -0.120. The molecular formula is C15H30N2O. The fraction of sp³-hybridized carbons (Fsp3) is 1.00. The number of piperidine rings is 1. The van der Waals surface area contributed by atoms with Crippen molar-refractivity contribution in [2.45, 2.75) is 76.6 Å². The molecule has 106 valence electrons. The second kappa shape index (κ2) is 6.88. The molecule has 2 rings (SSSR count). The van der Waals surface area contributed by atoms with Crippen LogP contribution in [0.5, 0.6) is 0 Å². The smallest absolute Gasteiger partial charge is 0.0598 e. The van der Waals surface area contributed by atoms with Gasteiger partial charge in [0.25, 0.3) is 0 Å². The molecule has 0 bridgehead atoms. The van der Waals surface area contributed by atoms with E-state index in [1.807, 2.05) is 7.11 Å². The molecule has 0 aromatic carbocycles. The summed E-state index contributed by atoms with van der Waals surface area (Å²) >= 11 is 0. The van der Waals surface area contributed by atoms with Gasteiger partial charge in [0, 0.05) is 31.8 Å². The summed E-state index contributed by atoms with van der Waals surface area (Å²) in [5, 5.41) is 3.64. The Kier molecular flexibility index (Phi) is 5.46. The third-order valence-corrected chi connectivity index (χ3v) is 4.82. The Balaban J connectivity index is 1.86. The van der Waals surface area contributed by atoms with E-state index in [1.54, 1.807) is 0 Å². The molecule has 0 spiro atoms. The Morgan fingerprint density at radius 2 is 2.06 bits per heavy atom. The zero-order valence-electron chi connectivity index (χ0n) is 12.3. The molecule has 0 amide bonds. The molecule has 1 aliphatic heterocycles. The van der Waals surface area contributed by atoms with Crippen LogP contribution in [0.2, 0.25) is 0 Å². The van der Waals surface area contributed by atoms with Crippen LogP contribution < -0.4 is 5.32 Å². The fourth-order valence-electron chi connectivity index (χ4n) is 3.84. The van der Waals surface area contributed by atoms with Crippen molar-refractivity contribution in [3.8, 4) is 0 Å². The van der Waals surface area contributed by atoms with Crippen LogP contribution in [-0.4, -0.2) is 49.3 Å². The Labute approximate surface area is 112 Å². The van der Waals surface area contributed by atoms with Crippen LogP contribution in [0.4, 0.5) is 0 Å². The predicted molar refractivity (Wildman–Crippen MR) is 75.9 cm³/mol. The van der Waals surface area contributed by atoms with Crippen molar-refractivity contribution in [1.29, 1.82) is 0 Å². The minimum atomic E-state index is 0.490. The minimum Gasteiger partial charge on any atom is -0.381 e. The van der Waals surface area contributed by atoms with E-state index < -0.39 is 0 Å².